The monoisotopic (exact) mass is 688 g/mol. The van der Waals surface area contributed by atoms with E-state index in [0.29, 0.717) is 17.5 Å². The van der Waals surface area contributed by atoms with Crippen molar-refractivity contribution in [2.24, 2.45) is 0 Å². The van der Waals surface area contributed by atoms with Crippen LogP contribution in [0.3, 0.4) is 0 Å². The second kappa shape index (κ2) is 10.9. The van der Waals surface area contributed by atoms with Gasteiger partial charge in [0.2, 0.25) is 0 Å². The van der Waals surface area contributed by atoms with E-state index < -0.39 is 5.41 Å². The summed E-state index contributed by atoms with van der Waals surface area (Å²) in [6.45, 7) is 0. The quantitative estimate of drug-likeness (QED) is 0.185. The van der Waals surface area contributed by atoms with Gasteiger partial charge in [-0.3, -0.25) is 0 Å². The highest BCUT2D eigenvalue weighted by Gasteiger charge is 2.53. The Morgan fingerprint density at radius 2 is 0.944 bits per heavy atom. The average Bonchev–Trinajstić information content (AvgIpc) is 3.88. The summed E-state index contributed by atoms with van der Waals surface area (Å²) in [5, 5.41) is 3.11. The third kappa shape index (κ3) is 3.82. The number of para-hydroxylation sites is 2. The SMILES string of the molecule is c1ccc(-c2nc(-c3nc4ccccc4c4c3-c3ccccc3C43c4ccccc4-c4ccccc43)nc(-c3cccc4oc5ccccc5c34)n2)cc1. The van der Waals surface area contributed by atoms with Crippen molar-refractivity contribution in [3.05, 3.63) is 192 Å². The van der Waals surface area contributed by atoms with Crippen molar-refractivity contribution >= 4 is 32.8 Å². The molecular formula is C49H28N4O. The van der Waals surface area contributed by atoms with Gasteiger partial charge in [0.25, 0.3) is 0 Å². The maximum Gasteiger partial charge on any atom is 0.183 e. The number of benzene rings is 7. The summed E-state index contributed by atoms with van der Waals surface area (Å²) in [5.41, 5.74) is 14.2. The number of fused-ring (bicyclic) bond motifs is 15. The summed E-state index contributed by atoms with van der Waals surface area (Å²) < 4.78 is 6.32. The minimum absolute atomic E-state index is 0.525. The highest BCUT2D eigenvalue weighted by atomic mass is 16.3. The van der Waals surface area contributed by atoms with Crippen LogP contribution >= 0.6 is 0 Å². The van der Waals surface area contributed by atoms with Crippen LogP contribution < -0.4 is 0 Å². The lowest BCUT2D eigenvalue weighted by molar-refractivity contribution is 0.669. The van der Waals surface area contributed by atoms with Crippen LogP contribution in [0.25, 0.3) is 89.4 Å². The fourth-order valence-corrected chi connectivity index (χ4v) is 9.26. The molecule has 250 valence electrons. The van der Waals surface area contributed by atoms with Crippen molar-refractivity contribution in [1.29, 1.82) is 0 Å². The second-order valence-corrected chi connectivity index (χ2v) is 14.1. The molecule has 7 aromatic carbocycles. The minimum atomic E-state index is -0.560. The molecule has 0 N–H and O–H groups in total. The zero-order valence-electron chi connectivity index (χ0n) is 28.9. The molecule has 5 nitrogen and oxygen atoms in total. The van der Waals surface area contributed by atoms with Crippen molar-refractivity contribution in [2.45, 2.75) is 5.41 Å². The maximum absolute atomic E-state index is 6.32. The molecule has 0 fully saturated rings. The van der Waals surface area contributed by atoms with Crippen LogP contribution in [-0.2, 0) is 5.41 Å². The molecule has 1 spiro atoms. The Kier molecular flexibility index (Phi) is 5.92. The highest BCUT2D eigenvalue weighted by Crippen LogP contribution is 2.65. The van der Waals surface area contributed by atoms with Crippen molar-refractivity contribution in [3.63, 3.8) is 0 Å². The number of furan rings is 1. The summed E-state index contributed by atoms with van der Waals surface area (Å²) in [7, 11) is 0. The van der Waals surface area contributed by atoms with Gasteiger partial charge in [0.15, 0.2) is 17.5 Å². The van der Waals surface area contributed by atoms with E-state index in [1.54, 1.807) is 0 Å². The van der Waals surface area contributed by atoms with Gasteiger partial charge in [0.05, 0.1) is 10.9 Å². The van der Waals surface area contributed by atoms with Crippen molar-refractivity contribution in [2.75, 3.05) is 0 Å². The molecule has 10 aromatic rings. The molecular weight excluding hydrogens is 661 g/mol. The van der Waals surface area contributed by atoms with E-state index in [2.05, 4.69) is 109 Å². The number of hydrogen-bond donors (Lipinski definition) is 0. The van der Waals surface area contributed by atoms with Gasteiger partial charge in [-0.2, -0.15) is 0 Å². The summed E-state index contributed by atoms with van der Waals surface area (Å²) in [6, 6.07) is 59.5. The van der Waals surface area contributed by atoms with E-state index in [9.17, 15) is 0 Å². The molecule has 2 aliphatic rings. The number of hydrogen-bond acceptors (Lipinski definition) is 5. The Labute approximate surface area is 310 Å². The molecule has 2 aliphatic carbocycles. The topological polar surface area (TPSA) is 64.7 Å². The van der Waals surface area contributed by atoms with E-state index >= 15 is 0 Å². The molecule has 0 saturated heterocycles. The normalized spacial score (nSPS) is 13.3. The first kappa shape index (κ1) is 29.3. The van der Waals surface area contributed by atoms with Gasteiger partial charge < -0.3 is 4.42 Å². The Hall–Kier alpha value is -7.24. The van der Waals surface area contributed by atoms with Gasteiger partial charge in [-0.25, -0.2) is 19.9 Å². The van der Waals surface area contributed by atoms with E-state index in [0.717, 1.165) is 60.8 Å². The molecule has 0 atom stereocenters. The van der Waals surface area contributed by atoms with Gasteiger partial charge in [-0.1, -0.05) is 152 Å². The lowest BCUT2D eigenvalue weighted by atomic mass is 9.69. The molecule has 3 aromatic heterocycles. The molecule has 0 amide bonds. The summed E-state index contributed by atoms with van der Waals surface area (Å²) >= 11 is 0. The number of aromatic nitrogens is 4. The predicted octanol–water partition coefficient (Wildman–Crippen LogP) is 11.7. The summed E-state index contributed by atoms with van der Waals surface area (Å²) in [6.07, 6.45) is 0. The Bertz CT molecular complexity index is 3140. The van der Waals surface area contributed by atoms with Crippen LogP contribution in [0.5, 0.6) is 0 Å². The molecule has 0 unspecified atom stereocenters. The van der Waals surface area contributed by atoms with Gasteiger partial charge >= 0.3 is 0 Å². The molecule has 5 heteroatoms. The number of pyridine rings is 1. The Morgan fingerprint density at radius 3 is 1.72 bits per heavy atom. The van der Waals surface area contributed by atoms with Gasteiger partial charge in [-0.05, 0) is 57.1 Å². The first-order chi connectivity index (χ1) is 26.8. The standard InChI is InChI=1S/C49H28N4O/c1-2-15-29(16-3-1)46-51-47(35-22-14-28-41-42(35)34-21-8-13-27-40(34)54-41)53-48(52-46)45-43-32-19-6-11-25-38(32)49(44(43)33-20-7-12-26-39(33)50-45)36-23-9-4-17-30(36)31-18-5-10-24-37(31)49/h1-28H. The molecule has 12 rings (SSSR count). The van der Waals surface area contributed by atoms with Crippen molar-refractivity contribution in [1.82, 2.24) is 19.9 Å². The average molecular weight is 689 g/mol. The number of rotatable bonds is 3. The molecule has 3 heterocycles. The zero-order chi connectivity index (χ0) is 35.4. The maximum atomic E-state index is 6.32. The summed E-state index contributed by atoms with van der Waals surface area (Å²) in [4.78, 5) is 21.3. The molecule has 0 aliphatic heterocycles. The lowest BCUT2D eigenvalue weighted by Gasteiger charge is -2.31. The van der Waals surface area contributed by atoms with Crippen LogP contribution in [-0.4, -0.2) is 19.9 Å². The van der Waals surface area contributed by atoms with Crippen molar-refractivity contribution < 1.29 is 4.42 Å². The van der Waals surface area contributed by atoms with Crippen LogP contribution in [0.1, 0.15) is 22.3 Å². The largest absolute Gasteiger partial charge is 0.456 e. The van der Waals surface area contributed by atoms with Crippen LogP contribution in [0.15, 0.2) is 174 Å². The van der Waals surface area contributed by atoms with Gasteiger partial charge in [-0.15, -0.1) is 0 Å². The van der Waals surface area contributed by atoms with E-state index in [1.165, 1.54) is 33.4 Å². The molecule has 0 saturated carbocycles. The molecule has 54 heavy (non-hydrogen) atoms. The number of nitrogens with zero attached hydrogens (tertiary/aromatic N) is 4. The van der Waals surface area contributed by atoms with Crippen LogP contribution in [0, 0.1) is 0 Å². The fraction of sp³-hybridized carbons (Fsp3) is 0.0204. The molecule has 0 bridgehead atoms. The third-order valence-electron chi connectivity index (χ3n) is 11.3. The van der Waals surface area contributed by atoms with E-state index in [4.69, 9.17) is 24.4 Å². The second-order valence-electron chi connectivity index (χ2n) is 14.1. The summed E-state index contributed by atoms with van der Waals surface area (Å²) in [5.74, 6) is 1.68. The minimum Gasteiger partial charge on any atom is -0.456 e. The first-order valence-electron chi connectivity index (χ1n) is 18.2. The molecule has 0 radical (unpaired) electrons. The Balaban J connectivity index is 1.23. The predicted molar refractivity (Wildman–Crippen MR) is 215 cm³/mol. The first-order valence-corrected chi connectivity index (χ1v) is 18.2. The zero-order valence-corrected chi connectivity index (χ0v) is 28.9. The lowest BCUT2D eigenvalue weighted by Crippen LogP contribution is -2.26. The van der Waals surface area contributed by atoms with Gasteiger partial charge in [0.1, 0.15) is 16.9 Å². The van der Waals surface area contributed by atoms with Gasteiger partial charge in [0, 0.05) is 32.8 Å². The third-order valence-corrected chi connectivity index (χ3v) is 11.3. The smallest absolute Gasteiger partial charge is 0.183 e. The highest BCUT2D eigenvalue weighted by molar-refractivity contribution is 6.12. The van der Waals surface area contributed by atoms with Crippen LogP contribution in [0.2, 0.25) is 0 Å². The van der Waals surface area contributed by atoms with Crippen LogP contribution in [0.4, 0.5) is 0 Å². The van der Waals surface area contributed by atoms with Crippen molar-refractivity contribution in [3.8, 4) is 56.5 Å². The Morgan fingerprint density at radius 1 is 0.389 bits per heavy atom. The van der Waals surface area contributed by atoms with E-state index in [1.807, 2.05) is 60.7 Å². The fourth-order valence-electron chi connectivity index (χ4n) is 9.26. The van der Waals surface area contributed by atoms with E-state index in [-0.39, 0.29) is 0 Å².